The van der Waals surface area contributed by atoms with Crippen molar-refractivity contribution in [3.05, 3.63) is 59.7 Å². The van der Waals surface area contributed by atoms with E-state index < -0.39 is 0 Å². The van der Waals surface area contributed by atoms with Crippen LogP contribution in [0.25, 0.3) is 11.1 Å². The lowest BCUT2D eigenvalue weighted by Gasteiger charge is -2.08. The van der Waals surface area contributed by atoms with Gasteiger partial charge in [0, 0.05) is 0 Å². The topological polar surface area (TPSA) is 23.8 Å². The number of aryl methyl sites for hydroxylation is 1. The number of nitriles is 1. The molecule has 0 N–H and O–H groups in total. The Morgan fingerprint density at radius 1 is 0.950 bits per heavy atom. The van der Waals surface area contributed by atoms with E-state index in [4.69, 9.17) is 5.26 Å². The average Bonchev–Trinajstić information content (AvgIpc) is 2.53. The molecule has 0 aromatic heterocycles. The maximum atomic E-state index is 8.81. The van der Waals surface area contributed by atoms with Crippen molar-refractivity contribution in [2.24, 2.45) is 5.92 Å². The van der Waals surface area contributed by atoms with Crippen molar-refractivity contribution in [3.8, 4) is 17.2 Å². The molecule has 102 valence electrons. The third-order valence-electron chi connectivity index (χ3n) is 3.92. The molecular formula is C19H21N. The Morgan fingerprint density at radius 2 is 1.50 bits per heavy atom. The number of hydrogen-bond acceptors (Lipinski definition) is 1. The van der Waals surface area contributed by atoms with Crippen molar-refractivity contribution in [1.82, 2.24) is 0 Å². The van der Waals surface area contributed by atoms with Gasteiger partial charge in [-0.05, 0) is 47.6 Å². The summed E-state index contributed by atoms with van der Waals surface area (Å²) in [5.74, 6) is 0.799. The summed E-state index contributed by atoms with van der Waals surface area (Å²) in [6.45, 7) is 4.56. The van der Waals surface area contributed by atoms with Crippen molar-refractivity contribution < 1.29 is 0 Å². The van der Waals surface area contributed by atoms with Crippen LogP contribution >= 0.6 is 0 Å². The van der Waals surface area contributed by atoms with E-state index in [0.29, 0.717) is 5.56 Å². The Balaban J connectivity index is 2.05. The van der Waals surface area contributed by atoms with Gasteiger partial charge in [0.15, 0.2) is 0 Å². The predicted octanol–water partition coefficient (Wildman–Crippen LogP) is 5.20. The number of nitrogens with zero attached hydrogens (tertiary/aromatic N) is 1. The highest BCUT2D eigenvalue weighted by molar-refractivity contribution is 5.64. The van der Waals surface area contributed by atoms with Gasteiger partial charge in [-0.1, -0.05) is 56.7 Å². The summed E-state index contributed by atoms with van der Waals surface area (Å²) in [5, 5.41) is 8.81. The molecule has 0 aliphatic rings. The first kappa shape index (κ1) is 14.3. The smallest absolute Gasteiger partial charge is 0.0991 e. The molecule has 1 heteroatoms. The quantitative estimate of drug-likeness (QED) is 0.727. The zero-order chi connectivity index (χ0) is 14.4. The van der Waals surface area contributed by atoms with E-state index in [1.165, 1.54) is 24.0 Å². The van der Waals surface area contributed by atoms with Gasteiger partial charge in [0.05, 0.1) is 11.6 Å². The Hall–Kier alpha value is -2.07. The second-order valence-corrected chi connectivity index (χ2v) is 5.44. The van der Waals surface area contributed by atoms with Crippen LogP contribution in [0.4, 0.5) is 0 Å². The van der Waals surface area contributed by atoms with E-state index in [9.17, 15) is 0 Å². The number of benzene rings is 2. The van der Waals surface area contributed by atoms with Gasteiger partial charge in [0.25, 0.3) is 0 Å². The highest BCUT2D eigenvalue weighted by Gasteiger charge is 2.02. The minimum absolute atomic E-state index is 0.707. The monoisotopic (exact) mass is 263 g/mol. The minimum Gasteiger partial charge on any atom is -0.192 e. The maximum Gasteiger partial charge on any atom is 0.0991 e. The summed E-state index contributed by atoms with van der Waals surface area (Å²) in [6.07, 6.45) is 3.67. The first-order chi connectivity index (χ1) is 9.72. The van der Waals surface area contributed by atoms with Gasteiger partial charge < -0.3 is 0 Å². The number of hydrogen-bond donors (Lipinski definition) is 0. The fourth-order valence-electron chi connectivity index (χ4n) is 2.22. The second kappa shape index (κ2) is 6.91. The van der Waals surface area contributed by atoms with Gasteiger partial charge in [0.1, 0.15) is 0 Å². The molecule has 0 aliphatic carbocycles. The molecule has 1 atom stereocenters. The zero-order valence-corrected chi connectivity index (χ0v) is 12.3. The summed E-state index contributed by atoms with van der Waals surface area (Å²) in [7, 11) is 0. The first-order valence-electron chi connectivity index (χ1n) is 7.32. The van der Waals surface area contributed by atoms with Crippen LogP contribution in [0.2, 0.25) is 0 Å². The molecule has 2 aromatic carbocycles. The largest absolute Gasteiger partial charge is 0.192 e. The maximum absolute atomic E-state index is 8.81. The van der Waals surface area contributed by atoms with Crippen molar-refractivity contribution >= 4 is 0 Å². The van der Waals surface area contributed by atoms with Crippen LogP contribution in [0.3, 0.4) is 0 Å². The fourth-order valence-corrected chi connectivity index (χ4v) is 2.22. The molecule has 0 bridgehead atoms. The Morgan fingerprint density at radius 3 is 2.00 bits per heavy atom. The van der Waals surface area contributed by atoms with Crippen LogP contribution < -0.4 is 0 Å². The van der Waals surface area contributed by atoms with Crippen molar-refractivity contribution in [1.29, 1.82) is 5.26 Å². The molecule has 2 rings (SSSR count). The third kappa shape index (κ3) is 3.71. The van der Waals surface area contributed by atoms with E-state index >= 15 is 0 Å². The van der Waals surface area contributed by atoms with E-state index in [-0.39, 0.29) is 0 Å². The summed E-state index contributed by atoms with van der Waals surface area (Å²) in [5.41, 5.74) is 4.49. The van der Waals surface area contributed by atoms with Crippen LogP contribution in [0, 0.1) is 17.2 Å². The third-order valence-corrected chi connectivity index (χ3v) is 3.92. The molecular weight excluding hydrogens is 242 g/mol. The summed E-state index contributed by atoms with van der Waals surface area (Å²) >= 11 is 0. The van der Waals surface area contributed by atoms with Gasteiger partial charge in [-0.3, -0.25) is 0 Å². The lowest BCUT2D eigenvalue weighted by molar-refractivity contribution is 0.516. The molecule has 1 nitrogen and oxygen atoms in total. The van der Waals surface area contributed by atoms with Crippen molar-refractivity contribution in [2.45, 2.75) is 33.1 Å². The molecule has 20 heavy (non-hydrogen) atoms. The van der Waals surface area contributed by atoms with Gasteiger partial charge in [-0.25, -0.2) is 0 Å². The van der Waals surface area contributed by atoms with Crippen molar-refractivity contribution in [2.75, 3.05) is 0 Å². The van der Waals surface area contributed by atoms with Crippen LogP contribution in [-0.4, -0.2) is 0 Å². The van der Waals surface area contributed by atoms with Gasteiger partial charge in [-0.2, -0.15) is 5.26 Å². The average molecular weight is 263 g/mol. The molecule has 0 spiro atoms. The van der Waals surface area contributed by atoms with E-state index in [1.807, 2.05) is 24.3 Å². The van der Waals surface area contributed by atoms with Crippen LogP contribution in [-0.2, 0) is 6.42 Å². The lowest BCUT2D eigenvalue weighted by atomic mass is 9.97. The van der Waals surface area contributed by atoms with Crippen molar-refractivity contribution in [3.63, 3.8) is 0 Å². The van der Waals surface area contributed by atoms with Crippen LogP contribution in [0.15, 0.2) is 48.5 Å². The first-order valence-corrected chi connectivity index (χ1v) is 7.32. The summed E-state index contributed by atoms with van der Waals surface area (Å²) in [6, 6.07) is 18.7. The van der Waals surface area contributed by atoms with Gasteiger partial charge >= 0.3 is 0 Å². The predicted molar refractivity (Wildman–Crippen MR) is 84.4 cm³/mol. The molecule has 0 saturated heterocycles. The number of rotatable bonds is 5. The normalized spacial score (nSPS) is 11.8. The highest BCUT2D eigenvalue weighted by atomic mass is 14.2. The molecule has 0 amide bonds. The zero-order valence-electron chi connectivity index (χ0n) is 12.3. The van der Waals surface area contributed by atoms with Crippen LogP contribution in [0.5, 0.6) is 0 Å². The second-order valence-electron chi connectivity index (χ2n) is 5.44. The van der Waals surface area contributed by atoms with E-state index in [1.54, 1.807) is 0 Å². The van der Waals surface area contributed by atoms with Gasteiger partial charge in [-0.15, -0.1) is 0 Å². The molecule has 0 heterocycles. The highest BCUT2D eigenvalue weighted by Crippen LogP contribution is 2.21. The fraction of sp³-hybridized carbons (Fsp3) is 0.316. The Bertz CT molecular complexity index is 573. The van der Waals surface area contributed by atoms with E-state index in [2.05, 4.69) is 44.2 Å². The standard InChI is InChI=1S/C19H21N/c1-3-15(2)4-5-16-6-10-18(11-7-16)19-12-8-17(14-20)9-13-19/h6-13,15H,3-5H2,1-2H3/t15-/m0/s1. The summed E-state index contributed by atoms with van der Waals surface area (Å²) < 4.78 is 0. The SMILES string of the molecule is CC[C@H](C)CCc1ccc(-c2ccc(C#N)cc2)cc1. The molecule has 0 fully saturated rings. The van der Waals surface area contributed by atoms with E-state index in [0.717, 1.165) is 17.9 Å². The minimum atomic E-state index is 0.707. The summed E-state index contributed by atoms with van der Waals surface area (Å²) in [4.78, 5) is 0. The molecule has 2 aromatic rings. The molecule has 0 unspecified atom stereocenters. The lowest BCUT2D eigenvalue weighted by Crippen LogP contribution is -1.95. The van der Waals surface area contributed by atoms with Gasteiger partial charge in [0.2, 0.25) is 0 Å². The molecule has 0 aliphatic heterocycles. The molecule has 0 radical (unpaired) electrons. The molecule has 0 saturated carbocycles. The Kier molecular flexibility index (Phi) is 4.96. The Labute approximate surface area is 121 Å². The van der Waals surface area contributed by atoms with Crippen LogP contribution in [0.1, 0.15) is 37.8 Å².